The molecule has 20 heavy (non-hydrogen) atoms. The molecule has 0 aromatic rings. The van der Waals surface area contributed by atoms with Gasteiger partial charge in [0.25, 0.3) is 0 Å². The van der Waals surface area contributed by atoms with E-state index in [9.17, 15) is 8.42 Å². The van der Waals surface area contributed by atoms with Gasteiger partial charge in [0.1, 0.15) is 9.84 Å². The summed E-state index contributed by atoms with van der Waals surface area (Å²) in [4.78, 5) is 0. The summed E-state index contributed by atoms with van der Waals surface area (Å²) >= 11 is 0. The van der Waals surface area contributed by atoms with E-state index in [4.69, 9.17) is 4.74 Å². The molecule has 0 spiro atoms. The van der Waals surface area contributed by atoms with Gasteiger partial charge in [-0.2, -0.15) is 0 Å². The molecule has 1 N–H and O–H groups in total. The topological polar surface area (TPSA) is 55.4 Å². The largest absolute Gasteiger partial charge is 0.374 e. The van der Waals surface area contributed by atoms with Crippen LogP contribution in [-0.4, -0.2) is 45.7 Å². The second kappa shape index (κ2) is 6.75. The summed E-state index contributed by atoms with van der Waals surface area (Å²) in [5.74, 6) is 0.219. The van der Waals surface area contributed by atoms with Crippen molar-refractivity contribution < 1.29 is 13.2 Å². The number of likely N-dealkylation sites (N-methyl/N-ethyl adjacent to an activating group) is 1. The van der Waals surface area contributed by atoms with Gasteiger partial charge in [-0.3, -0.25) is 0 Å². The predicted molar refractivity (Wildman–Crippen MR) is 83.8 cm³/mol. The first-order valence-electron chi connectivity index (χ1n) is 7.63. The third-order valence-corrected chi connectivity index (χ3v) is 5.62. The highest BCUT2D eigenvalue weighted by molar-refractivity contribution is 7.90. The van der Waals surface area contributed by atoms with Crippen LogP contribution in [0.1, 0.15) is 52.9 Å². The summed E-state index contributed by atoms with van der Waals surface area (Å²) in [5, 5.41) is 3.31. The molecule has 0 saturated heterocycles. The van der Waals surface area contributed by atoms with Crippen molar-refractivity contribution in [1.82, 2.24) is 5.32 Å². The van der Waals surface area contributed by atoms with Gasteiger partial charge in [-0.25, -0.2) is 8.42 Å². The van der Waals surface area contributed by atoms with Crippen LogP contribution >= 0.6 is 0 Å². The zero-order valence-corrected chi connectivity index (χ0v) is 14.5. The zero-order chi connectivity index (χ0) is 15.4. The van der Waals surface area contributed by atoms with Gasteiger partial charge in [-0.05, 0) is 51.5 Å². The molecule has 1 fully saturated rings. The number of sulfone groups is 1. The lowest BCUT2D eigenvalue weighted by Gasteiger charge is -2.47. The first kappa shape index (κ1) is 17.9. The molecule has 0 radical (unpaired) electrons. The van der Waals surface area contributed by atoms with Crippen molar-refractivity contribution in [2.24, 2.45) is 5.41 Å². The van der Waals surface area contributed by atoms with E-state index in [1.54, 1.807) is 0 Å². The van der Waals surface area contributed by atoms with E-state index in [1.165, 1.54) is 6.26 Å². The van der Waals surface area contributed by atoms with E-state index in [0.29, 0.717) is 18.4 Å². The van der Waals surface area contributed by atoms with Crippen molar-refractivity contribution >= 4 is 9.84 Å². The molecule has 1 unspecified atom stereocenters. The Labute approximate surface area is 124 Å². The first-order valence-corrected chi connectivity index (χ1v) is 9.69. The Kier molecular flexibility index (Phi) is 6.05. The Morgan fingerprint density at radius 3 is 2.15 bits per heavy atom. The zero-order valence-electron chi connectivity index (χ0n) is 13.7. The van der Waals surface area contributed by atoms with Gasteiger partial charge in [0.15, 0.2) is 0 Å². The summed E-state index contributed by atoms with van der Waals surface area (Å²) in [6.45, 7) is 7.30. The number of ether oxygens (including phenoxy) is 1. The minimum atomic E-state index is -2.93. The lowest BCUT2D eigenvalue weighted by atomic mass is 9.68. The fraction of sp³-hybridized carbons (Fsp3) is 1.00. The Morgan fingerprint density at radius 2 is 1.75 bits per heavy atom. The second-order valence-electron chi connectivity index (χ2n) is 6.92. The monoisotopic (exact) mass is 305 g/mol. The third kappa shape index (κ3) is 5.01. The molecule has 0 bridgehead atoms. The fourth-order valence-corrected chi connectivity index (χ4v) is 3.90. The van der Waals surface area contributed by atoms with Gasteiger partial charge in [0, 0.05) is 18.9 Å². The van der Waals surface area contributed by atoms with E-state index < -0.39 is 9.84 Å². The van der Waals surface area contributed by atoms with Crippen LogP contribution in [0.2, 0.25) is 0 Å². The van der Waals surface area contributed by atoms with Gasteiger partial charge in [-0.15, -0.1) is 0 Å². The van der Waals surface area contributed by atoms with Crippen LogP contribution in [0.15, 0.2) is 0 Å². The molecule has 1 atom stereocenters. The summed E-state index contributed by atoms with van der Waals surface area (Å²) in [7, 11) is -1.02. The van der Waals surface area contributed by atoms with E-state index in [0.717, 1.165) is 25.7 Å². The van der Waals surface area contributed by atoms with Crippen LogP contribution in [0.4, 0.5) is 0 Å². The molecule has 4 nitrogen and oxygen atoms in total. The SMILES string of the molecule is CCOC1(C(CCS(C)(=O)=O)NC)CCC(C)(C)CC1. The minimum Gasteiger partial charge on any atom is -0.374 e. The first-order chi connectivity index (χ1) is 9.14. The maximum atomic E-state index is 11.4. The van der Waals surface area contributed by atoms with Crippen LogP contribution in [0.3, 0.4) is 0 Å². The number of rotatable bonds is 7. The van der Waals surface area contributed by atoms with Crippen molar-refractivity contribution in [2.75, 3.05) is 25.7 Å². The molecule has 0 aromatic heterocycles. The quantitative estimate of drug-likeness (QED) is 0.784. The molecule has 0 amide bonds. The van der Waals surface area contributed by atoms with Crippen molar-refractivity contribution in [3.8, 4) is 0 Å². The molecular formula is C15H31NO3S. The van der Waals surface area contributed by atoms with Crippen molar-refractivity contribution in [3.05, 3.63) is 0 Å². The average molecular weight is 305 g/mol. The standard InChI is InChI=1S/C15H31NO3S/c1-6-19-15(10-8-14(2,3)9-11-15)13(16-4)7-12-20(5,17)18/h13,16H,6-12H2,1-5H3. The normalized spacial score (nSPS) is 23.4. The molecular weight excluding hydrogens is 274 g/mol. The maximum Gasteiger partial charge on any atom is 0.147 e. The summed E-state index contributed by atoms with van der Waals surface area (Å²) in [6.07, 6.45) is 6.19. The fourth-order valence-electron chi connectivity index (χ4n) is 3.23. The molecule has 0 heterocycles. The minimum absolute atomic E-state index is 0.105. The molecule has 5 heteroatoms. The molecule has 0 aromatic carbocycles. The highest BCUT2D eigenvalue weighted by atomic mass is 32.2. The molecule has 1 saturated carbocycles. The van der Waals surface area contributed by atoms with Crippen LogP contribution < -0.4 is 5.32 Å². The van der Waals surface area contributed by atoms with Gasteiger partial charge < -0.3 is 10.1 Å². The summed E-state index contributed by atoms with van der Waals surface area (Å²) < 4.78 is 29.0. The number of hydrogen-bond donors (Lipinski definition) is 1. The Balaban J connectivity index is 2.81. The highest BCUT2D eigenvalue weighted by Gasteiger charge is 2.44. The van der Waals surface area contributed by atoms with Crippen LogP contribution in [0.25, 0.3) is 0 Å². The summed E-state index contributed by atoms with van der Waals surface area (Å²) in [6, 6.07) is 0.105. The average Bonchev–Trinajstić information content (AvgIpc) is 2.32. The predicted octanol–water partition coefficient (Wildman–Crippen LogP) is 2.38. The number of nitrogens with one attached hydrogen (secondary N) is 1. The molecule has 1 aliphatic carbocycles. The van der Waals surface area contributed by atoms with Crippen LogP contribution in [0.5, 0.6) is 0 Å². The van der Waals surface area contributed by atoms with Crippen molar-refractivity contribution in [2.45, 2.75) is 64.5 Å². The molecule has 1 aliphatic rings. The summed E-state index contributed by atoms with van der Waals surface area (Å²) in [5.41, 5.74) is 0.166. The smallest absolute Gasteiger partial charge is 0.147 e. The van der Waals surface area contributed by atoms with Crippen molar-refractivity contribution in [1.29, 1.82) is 0 Å². The number of hydrogen-bond acceptors (Lipinski definition) is 4. The third-order valence-electron chi connectivity index (χ3n) is 4.64. The molecule has 0 aliphatic heterocycles. The molecule has 1 rings (SSSR count). The Hall–Kier alpha value is -0.130. The van der Waals surface area contributed by atoms with Gasteiger partial charge in [0.2, 0.25) is 0 Å². The van der Waals surface area contributed by atoms with E-state index in [2.05, 4.69) is 19.2 Å². The van der Waals surface area contributed by atoms with Gasteiger partial charge in [-0.1, -0.05) is 13.8 Å². The molecule has 120 valence electrons. The van der Waals surface area contributed by atoms with Crippen LogP contribution in [-0.2, 0) is 14.6 Å². The van der Waals surface area contributed by atoms with Crippen molar-refractivity contribution in [3.63, 3.8) is 0 Å². The maximum absolute atomic E-state index is 11.4. The van der Waals surface area contributed by atoms with E-state index >= 15 is 0 Å². The van der Waals surface area contributed by atoms with Crippen LogP contribution in [0, 0.1) is 5.41 Å². The lowest BCUT2D eigenvalue weighted by Crippen LogP contribution is -2.55. The Morgan fingerprint density at radius 1 is 1.20 bits per heavy atom. The van der Waals surface area contributed by atoms with E-state index in [-0.39, 0.29) is 17.4 Å². The highest BCUT2D eigenvalue weighted by Crippen LogP contribution is 2.44. The Bertz CT molecular complexity index is 393. The van der Waals surface area contributed by atoms with E-state index in [1.807, 2.05) is 14.0 Å². The van der Waals surface area contributed by atoms with Gasteiger partial charge >= 0.3 is 0 Å². The lowest BCUT2D eigenvalue weighted by molar-refractivity contribution is -0.105. The van der Waals surface area contributed by atoms with Gasteiger partial charge in [0.05, 0.1) is 11.4 Å². The second-order valence-corrected chi connectivity index (χ2v) is 9.18.